The highest BCUT2D eigenvalue weighted by atomic mass is 16.3. The van der Waals surface area contributed by atoms with Gasteiger partial charge in [-0.2, -0.15) is 0 Å². The van der Waals surface area contributed by atoms with Gasteiger partial charge in [0.2, 0.25) is 0 Å². The number of hydrogen-bond donors (Lipinski definition) is 1. The molecule has 9 aromatic rings. The van der Waals surface area contributed by atoms with Crippen molar-refractivity contribution >= 4 is 44.4 Å². The van der Waals surface area contributed by atoms with E-state index in [0.717, 1.165) is 72.4 Å². The summed E-state index contributed by atoms with van der Waals surface area (Å²) >= 11 is 0. The maximum absolute atomic E-state index is 6.46. The van der Waals surface area contributed by atoms with Gasteiger partial charge < -0.3 is 9.73 Å². The highest BCUT2D eigenvalue weighted by Crippen LogP contribution is 2.38. The van der Waals surface area contributed by atoms with Crippen molar-refractivity contribution in [3.8, 4) is 33.5 Å². The second-order valence-corrected chi connectivity index (χ2v) is 13.3. The molecule has 0 bridgehead atoms. The Kier molecular flexibility index (Phi) is 7.47. The molecule has 250 valence electrons. The topological polar surface area (TPSA) is 62.8 Å². The molecular weight excluding hydrogens is 649 g/mol. The van der Waals surface area contributed by atoms with Crippen molar-refractivity contribution < 1.29 is 4.42 Å². The van der Waals surface area contributed by atoms with E-state index in [9.17, 15) is 0 Å². The minimum absolute atomic E-state index is 0.286. The number of pyridine rings is 1. The highest BCUT2D eigenvalue weighted by Gasteiger charge is 2.22. The van der Waals surface area contributed by atoms with E-state index in [0.29, 0.717) is 5.84 Å². The fraction of sp³-hybridized carbons (Fsp3) is 0.0208. The Morgan fingerprint density at radius 1 is 0.491 bits per heavy atom. The van der Waals surface area contributed by atoms with Crippen LogP contribution in [0.4, 0.5) is 0 Å². The molecule has 0 aliphatic carbocycles. The van der Waals surface area contributed by atoms with Crippen LogP contribution in [-0.4, -0.2) is 16.7 Å². The first-order valence-electron chi connectivity index (χ1n) is 17.8. The number of furan rings is 1. The molecular formula is C48H32N4O. The molecule has 53 heavy (non-hydrogen) atoms. The van der Waals surface area contributed by atoms with Crippen LogP contribution in [-0.2, 0) is 0 Å². The molecule has 1 aliphatic heterocycles. The van der Waals surface area contributed by atoms with Crippen LogP contribution < -0.4 is 5.32 Å². The lowest BCUT2D eigenvalue weighted by Gasteiger charge is -2.24. The van der Waals surface area contributed by atoms with E-state index in [4.69, 9.17) is 19.4 Å². The summed E-state index contributed by atoms with van der Waals surface area (Å²) in [6, 6.07) is 60.8. The number of aromatic nitrogens is 1. The Bertz CT molecular complexity index is 2860. The van der Waals surface area contributed by atoms with Crippen molar-refractivity contribution in [1.29, 1.82) is 0 Å². The molecule has 0 fully saturated rings. The van der Waals surface area contributed by atoms with E-state index in [1.807, 2.05) is 36.5 Å². The summed E-state index contributed by atoms with van der Waals surface area (Å²) < 4.78 is 6.46. The number of amidine groups is 2. The zero-order valence-corrected chi connectivity index (χ0v) is 28.6. The molecule has 10 rings (SSSR count). The van der Waals surface area contributed by atoms with Gasteiger partial charge >= 0.3 is 0 Å². The largest absolute Gasteiger partial charge is 0.456 e. The van der Waals surface area contributed by atoms with E-state index < -0.39 is 0 Å². The molecule has 0 spiro atoms. The second-order valence-electron chi connectivity index (χ2n) is 13.3. The van der Waals surface area contributed by atoms with Gasteiger partial charge in [0, 0.05) is 39.7 Å². The van der Waals surface area contributed by atoms with Crippen molar-refractivity contribution in [3.63, 3.8) is 0 Å². The van der Waals surface area contributed by atoms with Gasteiger partial charge in [-0.15, -0.1) is 0 Å². The van der Waals surface area contributed by atoms with Crippen LogP contribution in [0.15, 0.2) is 197 Å². The molecule has 5 heteroatoms. The molecule has 5 nitrogen and oxygen atoms in total. The van der Waals surface area contributed by atoms with E-state index in [-0.39, 0.29) is 6.17 Å². The predicted molar refractivity (Wildman–Crippen MR) is 217 cm³/mol. The highest BCUT2D eigenvalue weighted by molar-refractivity contribution is 6.14. The predicted octanol–water partition coefficient (Wildman–Crippen LogP) is 11.6. The number of nitrogens with one attached hydrogen (secondary N) is 1. The van der Waals surface area contributed by atoms with Crippen molar-refractivity contribution in [1.82, 2.24) is 10.3 Å². The van der Waals surface area contributed by atoms with Gasteiger partial charge in [-0.05, 0) is 56.8 Å². The van der Waals surface area contributed by atoms with Crippen LogP contribution in [0.3, 0.4) is 0 Å². The fourth-order valence-corrected chi connectivity index (χ4v) is 7.28. The second kappa shape index (κ2) is 12.9. The number of fused-ring (bicyclic) bond motifs is 4. The van der Waals surface area contributed by atoms with Crippen LogP contribution in [0.25, 0.3) is 66.2 Å². The smallest absolute Gasteiger partial charge is 0.159 e. The van der Waals surface area contributed by atoms with Gasteiger partial charge in [-0.1, -0.05) is 152 Å². The minimum Gasteiger partial charge on any atom is -0.456 e. The SMILES string of the molecule is c1ccc(C2=NC(c3ccc4ccccc4c3)NC(c3ccc(-c4cccc5oc6cc(-c7cccc(-c8ccccc8)c7)ncc6c45)cc3)=N2)cc1. The lowest BCUT2D eigenvalue weighted by Crippen LogP contribution is -2.33. The number of benzene rings is 7. The molecule has 1 aliphatic rings. The average Bonchev–Trinajstić information content (AvgIpc) is 3.62. The van der Waals surface area contributed by atoms with E-state index >= 15 is 0 Å². The van der Waals surface area contributed by atoms with Crippen LogP contribution in [0.2, 0.25) is 0 Å². The maximum atomic E-state index is 6.46. The third-order valence-electron chi connectivity index (χ3n) is 9.98. The van der Waals surface area contributed by atoms with Gasteiger partial charge in [0.15, 0.2) is 5.84 Å². The Morgan fingerprint density at radius 3 is 2.02 bits per heavy atom. The summed E-state index contributed by atoms with van der Waals surface area (Å²) in [4.78, 5) is 15.0. The molecule has 2 aromatic heterocycles. The van der Waals surface area contributed by atoms with Gasteiger partial charge in [-0.25, -0.2) is 9.98 Å². The number of rotatable bonds is 6. The van der Waals surface area contributed by atoms with Crippen molar-refractivity contribution in [2.75, 3.05) is 0 Å². The van der Waals surface area contributed by atoms with Crippen LogP contribution in [0.5, 0.6) is 0 Å². The van der Waals surface area contributed by atoms with E-state index in [1.165, 1.54) is 16.3 Å². The van der Waals surface area contributed by atoms with Gasteiger partial charge in [0.1, 0.15) is 23.2 Å². The summed E-state index contributed by atoms with van der Waals surface area (Å²) in [5.74, 6) is 1.48. The molecule has 1 unspecified atom stereocenters. The Balaban J connectivity index is 0.991. The lowest BCUT2D eigenvalue weighted by atomic mass is 9.98. The summed E-state index contributed by atoms with van der Waals surface area (Å²) in [5, 5.41) is 8.05. The Hall–Kier alpha value is -7.11. The van der Waals surface area contributed by atoms with Crippen molar-refractivity contribution in [3.05, 3.63) is 199 Å². The van der Waals surface area contributed by atoms with Gasteiger partial charge in [0.25, 0.3) is 0 Å². The third-order valence-corrected chi connectivity index (χ3v) is 9.98. The average molecular weight is 681 g/mol. The molecule has 7 aromatic carbocycles. The quantitative estimate of drug-likeness (QED) is 0.190. The molecule has 1 N–H and O–H groups in total. The maximum Gasteiger partial charge on any atom is 0.159 e. The zero-order valence-electron chi connectivity index (χ0n) is 28.6. The van der Waals surface area contributed by atoms with Crippen LogP contribution in [0, 0.1) is 0 Å². The van der Waals surface area contributed by atoms with Crippen LogP contribution >= 0.6 is 0 Å². The summed E-state index contributed by atoms with van der Waals surface area (Å²) in [5.41, 5.74) is 11.1. The first-order valence-corrected chi connectivity index (χ1v) is 17.8. The molecule has 3 heterocycles. The monoisotopic (exact) mass is 680 g/mol. The van der Waals surface area contributed by atoms with Gasteiger partial charge in [-0.3, -0.25) is 4.98 Å². The molecule has 0 radical (unpaired) electrons. The van der Waals surface area contributed by atoms with E-state index in [2.05, 4.69) is 151 Å². The number of nitrogens with zero attached hydrogens (tertiary/aromatic N) is 3. The van der Waals surface area contributed by atoms with Crippen molar-refractivity contribution in [2.24, 2.45) is 9.98 Å². The molecule has 0 saturated carbocycles. The zero-order chi connectivity index (χ0) is 35.1. The standard InChI is InChI=1S/C48H32N4O/c1-3-11-31(12-4-1)37-17-9-18-38(27-37)42-29-44-41(30-49-42)45-40(19-10-20-43(45)53-44)33-22-24-35(25-23-33)47-50-46(34-14-5-2-6-15-34)51-48(52-47)39-26-21-32-13-7-8-16-36(32)28-39/h1-30,48H,(H,50,51,52). The molecule has 1 atom stereocenters. The first-order chi connectivity index (χ1) is 26.2. The summed E-state index contributed by atoms with van der Waals surface area (Å²) in [6.07, 6.45) is 1.66. The molecule has 0 amide bonds. The lowest BCUT2D eigenvalue weighted by molar-refractivity contribution is 0.668. The third kappa shape index (κ3) is 5.75. The summed E-state index contributed by atoms with van der Waals surface area (Å²) in [7, 11) is 0. The Labute approximate surface area is 306 Å². The number of hydrogen-bond acceptors (Lipinski definition) is 5. The Morgan fingerprint density at radius 2 is 1.19 bits per heavy atom. The summed E-state index contributed by atoms with van der Waals surface area (Å²) in [6.45, 7) is 0. The van der Waals surface area contributed by atoms with Crippen LogP contribution in [0.1, 0.15) is 22.9 Å². The van der Waals surface area contributed by atoms with E-state index in [1.54, 1.807) is 0 Å². The normalized spacial score (nSPS) is 14.2. The minimum atomic E-state index is -0.286. The molecule has 0 saturated heterocycles. The van der Waals surface area contributed by atoms with Crippen molar-refractivity contribution in [2.45, 2.75) is 6.17 Å². The first kappa shape index (κ1) is 30.7. The van der Waals surface area contributed by atoms with Gasteiger partial charge in [0.05, 0.1) is 5.69 Å². The number of aliphatic imine (C=N–C) groups is 2. The fourth-order valence-electron chi connectivity index (χ4n) is 7.28.